The van der Waals surface area contributed by atoms with Crippen LogP contribution in [0.3, 0.4) is 0 Å². The molecular formula is C9H11ClN4O2S. The largest absolute Gasteiger partial charge is 0.245 e. The summed E-state index contributed by atoms with van der Waals surface area (Å²) in [7, 11) is -2.26. The average molecular weight is 275 g/mol. The first-order valence-electron chi connectivity index (χ1n) is 4.71. The molecule has 0 N–H and O–H groups in total. The van der Waals surface area contributed by atoms with Crippen molar-refractivity contribution in [3.8, 4) is 6.07 Å². The van der Waals surface area contributed by atoms with Crippen LogP contribution in [-0.4, -0.2) is 36.3 Å². The Hall–Kier alpha value is -1.23. The molecule has 1 atom stereocenters. The van der Waals surface area contributed by atoms with Crippen molar-refractivity contribution in [2.45, 2.75) is 11.8 Å². The van der Waals surface area contributed by atoms with Gasteiger partial charge in [-0.25, -0.2) is 18.4 Å². The summed E-state index contributed by atoms with van der Waals surface area (Å²) in [4.78, 5) is 7.17. The zero-order valence-electron chi connectivity index (χ0n) is 9.33. The lowest BCUT2D eigenvalue weighted by atomic mass is 10.2. The lowest BCUT2D eigenvalue weighted by Crippen LogP contribution is -2.31. The van der Waals surface area contributed by atoms with Crippen LogP contribution in [0.2, 0.25) is 5.28 Å². The molecule has 0 aliphatic rings. The maximum atomic E-state index is 12.0. The van der Waals surface area contributed by atoms with E-state index in [1.165, 1.54) is 7.05 Å². The third-order valence-electron chi connectivity index (χ3n) is 2.06. The quantitative estimate of drug-likeness (QED) is 0.762. The second-order valence-corrected chi connectivity index (χ2v) is 5.89. The highest BCUT2D eigenvalue weighted by Gasteiger charge is 2.23. The number of sulfonamides is 1. The van der Waals surface area contributed by atoms with Crippen LogP contribution in [0.25, 0.3) is 0 Å². The van der Waals surface area contributed by atoms with E-state index >= 15 is 0 Å². The Morgan fingerprint density at radius 1 is 1.53 bits per heavy atom. The van der Waals surface area contributed by atoms with Crippen LogP contribution >= 0.6 is 11.6 Å². The Balaban J connectivity index is 2.96. The lowest BCUT2D eigenvalue weighted by molar-refractivity contribution is 0.438. The van der Waals surface area contributed by atoms with Gasteiger partial charge >= 0.3 is 0 Å². The van der Waals surface area contributed by atoms with Crippen molar-refractivity contribution < 1.29 is 8.42 Å². The van der Waals surface area contributed by atoms with Crippen molar-refractivity contribution in [3.63, 3.8) is 0 Å². The van der Waals surface area contributed by atoms with Crippen LogP contribution in [0.1, 0.15) is 6.92 Å². The van der Waals surface area contributed by atoms with E-state index in [0.29, 0.717) is 0 Å². The lowest BCUT2D eigenvalue weighted by Gasteiger charge is -2.17. The van der Waals surface area contributed by atoms with Crippen LogP contribution in [0.5, 0.6) is 0 Å². The fourth-order valence-electron chi connectivity index (χ4n) is 1.14. The maximum absolute atomic E-state index is 12.0. The van der Waals surface area contributed by atoms with Gasteiger partial charge in [0.25, 0.3) is 0 Å². The van der Waals surface area contributed by atoms with Crippen molar-refractivity contribution in [3.05, 3.63) is 17.7 Å². The average Bonchev–Trinajstić information content (AvgIpc) is 2.29. The van der Waals surface area contributed by atoms with E-state index in [1.807, 2.05) is 6.07 Å². The van der Waals surface area contributed by atoms with E-state index in [-0.39, 0.29) is 22.6 Å². The minimum Gasteiger partial charge on any atom is -0.225 e. The Labute approximate surface area is 105 Å². The predicted molar refractivity (Wildman–Crippen MR) is 61.6 cm³/mol. The van der Waals surface area contributed by atoms with Gasteiger partial charge in [-0.1, -0.05) is 0 Å². The maximum Gasteiger partial charge on any atom is 0.245 e. The summed E-state index contributed by atoms with van der Waals surface area (Å²) in [5.74, 6) is -0.386. The zero-order chi connectivity index (χ0) is 13.1. The van der Waals surface area contributed by atoms with Crippen molar-refractivity contribution >= 4 is 21.6 Å². The standard InChI is InChI=1S/C9H11ClN4O2S/c1-7(3-11)6-14(2)17(15,16)8-4-12-9(10)13-5-8/h4-5,7H,6H2,1-2H3. The van der Waals surface area contributed by atoms with Crippen molar-refractivity contribution in [2.75, 3.05) is 13.6 Å². The SMILES string of the molecule is CC(C#N)CN(C)S(=O)(=O)c1cnc(Cl)nc1. The molecule has 0 aromatic carbocycles. The van der Waals surface area contributed by atoms with Crippen LogP contribution in [0.15, 0.2) is 17.3 Å². The second-order valence-electron chi connectivity index (χ2n) is 3.50. The number of rotatable bonds is 4. The number of aromatic nitrogens is 2. The summed E-state index contributed by atoms with van der Waals surface area (Å²) in [6.07, 6.45) is 2.27. The van der Waals surface area contributed by atoms with Gasteiger partial charge in [0.15, 0.2) is 0 Å². The highest BCUT2D eigenvalue weighted by atomic mass is 35.5. The predicted octanol–water partition coefficient (Wildman–Crippen LogP) is 0.910. The fraction of sp³-hybridized carbons (Fsp3) is 0.444. The number of nitrogens with zero attached hydrogens (tertiary/aromatic N) is 4. The molecule has 1 aromatic rings. The first-order chi connectivity index (χ1) is 7.87. The normalized spacial score (nSPS) is 13.4. The van der Waals surface area contributed by atoms with E-state index in [9.17, 15) is 8.42 Å². The Kier molecular flexibility index (Phi) is 4.40. The summed E-state index contributed by atoms with van der Waals surface area (Å²) in [5.41, 5.74) is 0. The van der Waals surface area contributed by atoms with Crippen LogP contribution in [-0.2, 0) is 10.0 Å². The summed E-state index contributed by atoms with van der Waals surface area (Å²) in [5, 5.41) is 8.63. The Morgan fingerprint density at radius 2 is 2.06 bits per heavy atom. The highest BCUT2D eigenvalue weighted by molar-refractivity contribution is 7.89. The summed E-state index contributed by atoms with van der Waals surface area (Å²) >= 11 is 5.47. The molecule has 0 saturated carbocycles. The van der Waals surface area contributed by atoms with E-state index < -0.39 is 10.0 Å². The molecule has 1 aromatic heterocycles. The molecule has 92 valence electrons. The van der Waals surface area contributed by atoms with Crippen LogP contribution in [0, 0.1) is 17.2 Å². The van der Waals surface area contributed by atoms with Gasteiger partial charge in [-0.3, -0.25) is 0 Å². The zero-order valence-corrected chi connectivity index (χ0v) is 10.9. The molecule has 0 spiro atoms. The molecule has 0 aliphatic carbocycles. The van der Waals surface area contributed by atoms with Gasteiger partial charge in [0.2, 0.25) is 15.3 Å². The third-order valence-corrected chi connectivity index (χ3v) is 4.03. The van der Waals surface area contributed by atoms with Gasteiger partial charge in [0, 0.05) is 13.6 Å². The molecule has 6 nitrogen and oxygen atoms in total. The molecule has 0 fully saturated rings. The molecular weight excluding hydrogens is 264 g/mol. The van der Waals surface area contributed by atoms with Gasteiger partial charge in [-0.2, -0.15) is 9.57 Å². The number of nitriles is 1. The molecule has 0 bridgehead atoms. The molecule has 1 heterocycles. The van der Waals surface area contributed by atoms with Crippen LogP contribution in [0.4, 0.5) is 0 Å². The molecule has 1 unspecified atom stereocenters. The van der Waals surface area contributed by atoms with Crippen LogP contribution < -0.4 is 0 Å². The smallest absolute Gasteiger partial charge is 0.225 e. The minimum atomic E-state index is -3.66. The van der Waals surface area contributed by atoms with E-state index in [1.54, 1.807) is 6.92 Å². The third kappa shape index (κ3) is 3.36. The second kappa shape index (κ2) is 5.40. The van der Waals surface area contributed by atoms with Gasteiger partial charge in [-0.15, -0.1) is 0 Å². The topological polar surface area (TPSA) is 87.0 Å². The Bertz CT molecular complexity index is 523. The van der Waals surface area contributed by atoms with Gasteiger partial charge in [0.05, 0.1) is 24.4 Å². The van der Waals surface area contributed by atoms with Gasteiger partial charge < -0.3 is 0 Å². The van der Waals surface area contributed by atoms with Crippen molar-refractivity contribution in [1.29, 1.82) is 5.26 Å². The molecule has 0 saturated heterocycles. The number of hydrogen-bond donors (Lipinski definition) is 0. The minimum absolute atomic E-state index is 0.0167. The molecule has 0 amide bonds. The molecule has 1 rings (SSSR count). The van der Waals surface area contributed by atoms with E-state index in [4.69, 9.17) is 16.9 Å². The van der Waals surface area contributed by atoms with Crippen molar-refractivity contribution in [2.24, 2.45) is 5.92 Å². The summed E-state index contributed by atoms with van der Waals surface area (Å²) in [6, 6.07) is 1.97. The van der Waals surface area contributed by atoms with E-state index in [2.05, 4.69) is 9.97 Å². The van der Waals surface area contributed by atoms with Gasteiger partial charge in [0.1, 0.15) is 4.90 Å². The van der Waals surface area contributed by atoms with Gasteiger partial charge in [-0.05, 0) is 18.5 Å². The van der Waals surface area contributed by atoms with Crippen molar-refractivity contribution in [1.82, 2.24) is 14.3 Å². The number of halogens is 1. The molecule has 17 heavy (non-hydrogen) atoms. The molecule has 0 aliphatic heterocycles. The fourth-order valence-corrected chi connectivity index (χ4v) is 2.39. The summed E-state index contributed by atoms with van der Waals surface area (Å²) in [6.45, 7) is 1.76. The monoisotopic (exact) mass is 274 g/mol. The first kappa shape index (κ1) is 13.8. The molecule has 0 radical (unpaired) electrons. The number of hydrogen-bond acceptors (Lipinski definition) is 5. The Morgan fingerprint density at radius 3 is 2.53 bits per heavy atom. The summed E-state index contributed by atoms with van der Waals surface area (Å²) < 4.78 is 25.1. The van der Waals surface area contributed by atoms with E-state index in [0.717, 1.165) is 16.7 Å². The molecule has 8 heteroatoms. The first-order valence-corrected chi connectivity index (χ1v) is 6.53. The highest BCUT2D eigenvalue weighted by Crippen LogP contribution is 2.14.